The van der Waals surface area contributed by atoms with Gasteiger partial charge in [0.1, 0.15) is 0 Å². The van der Waals surface area contributed by atoms with Crippen LogP contribution in [0.2, 0.25) is 0 Å². The average Bonchev–Trinajstić information content (AvgIpc) is 3.36. The van der Waals surface area contributed by atoms with Crippen molar-refractivity contribution in [1.82, 2.24) is 20.4 Å². The van der Waals surface area contributed by atoms with Gasteiger partial charge in [0.2, 0.25) is 0 Å². The van der Waals surface area contributed by atoms with E-state index in [1.165, 1.54) is 57.8 Å². The summed E-state index contributed by atoms with van der Waals surface area (Å²) in [5, 5.41) is 11.7. The van der Waals surface area contributed by atoms with Crippen LogP contribution in [-0.4, -0.2) is 29.3 Å². The van der Waals surface area contributed by atoms with Gasteiger partial charge in [-0.3, -0.25) is 9.67 Å². The highest BCUT2D eigenvalue weighted by Gasteiger charge is 2.31. The van der Waals surface area contributed by atoms with Crippen LogP contribution in [0.15, 0.2) is 17.3 Å². The van der Waals surface area contributed by atoms with E-state index in [9.17, 15) is 0 Å². The molecule has 24 heavy (non-hydrogen) atoms. The fourth-order valence-electron chi connectivity index (χ4n) is 4.29. The third kappa shape index (κ3) is 4.11. The molecule has 1 aromatic heterocycles. The summed E-state index contributed by atoms with van der Waals surface area (Å²) in [4.78, 5) is 4.37. The van der Waals surface area contributed by atoms with E-state index in [1.54, 1.807) is 0 Å². The smallest absolute Gasteiger partial charge is 0.191 e. The topological polar surface area (TPSA) is 54.2 Å². The van der Waals surface area contributed by atoms with Gasteiger partial charge in [0.15, 0.2) is 5.96 Å². The van der Waals surface area contributed by atoms with E-state index in [0.29, 0.717) is 11.5 Å². The molecule has 0 bridgehead atoms. The molecule has 0 aromatic carbocycles. The van der Waals surface area contributed by atoms with E-state index in [-0.39, 0.29) is 0 Å². The SMILES string of the molecule is CCC1(CNC(=NC)NCc2ccn(C3CCCC3)n2)CCCC1. The van der Waals surface area contributed by atoms with Crippen LogP contribution in [0.25, 0.3) is 0 Å². The quantitative estimate of drug-likeness (QED) is 0.618. The van der Waals surface area contributed by atoms with Gasteiger partial charge < -0.3 is 10.6 Å². The van der Waals surface area contributed by atoms with Gasteiger partial charge in [-0.1, -0.05) is 32.6 Å². The maximum Gasteiger partial charge on any atom is 0.191 e. The highest BCUT2D eigenvalue weighted by Crippen LogP contribution is 2.40. The Hall–Kier alpha value is -1.52. The molecule has 0 spiro atoms. The summed E-state index contributed by atoms with van der Waals surface area (Å²) >= 11 is 0. The van der Waals surface area contributed by atoms with Crippen LogP contribution in [0.3, 0.4) is 0 Å². The number of aromatic nitrogens is 2. The van der Waals surface area contributed by atoms with Crippen molar-refractivity contribution in [2.75, 3.05) is 13.6 Å². The van der Waals surface area contributed by atoms with E-state index in [1.807, 2.05) is 7.05 Å². The van der Waals surface area contributed by atoms with Crippen LogP contribution in [0.4, 0.5) is 0 Å². The molecule has 2 saturated carbocycles. The van der Waals surface area contributed by atoms with Crippen molar-refractivity contribution in [1.29, 1.82) is 0 Å². The first kappa shape index (κ1) is 17.3. The molecule has 0 saturated heterocycles. The summed E-state index contributed by atoms with van der Waals surface area (Å²) in [5.41, 5.74) is 1.57. The highest BCUT2D eigenvalue weighted by atomic mass is 15.3. The number of aliphatic imine (C=N–C) groups is 1. The minimum atomic E-state index is 0.474. The zero-order valence-electron chi connectivity index (χ0n) is 15.4. The molecule has 2 N–H and O–H groups in total. The van der Waals surface area contributed by atoms with Crippen molar-refractivity contribution in [2.45, 2.75) is 77.3 Å². The van der Waals surface area contributed by atoms with Crippen molar-refractivity contribution >= 4 is 5.96 Å². The Balaban J connectivity index is 1.47. The zero-order valence-corrected chi connectivity index (χ0v) is 15.4. The molecule has 0 radical (unpaired) electrons. The van der Waals surface area contributed by atoms with Gasteiger partial charge in [-0.15, -0.1) is 0 Å². The van der Waals surface area contributed by atoms with Crippen LogP contribution >= 0.6 is 0 Å². The minimum absolute atomic E-state index is 0.474. The number of rotatable bonds is 6. The van der Waals surface area contributed by atoms with Crippen molar-refractivity contribution < 1.29 is 0 Å². The molecule has 2 fully saturated rings. The molecule has 2 aliphatic rings. The third-order valence-electron chi connectivity index (χ3n) is 6.07. The molecule has 3 rings (SSSR count). The van der Waals surface area contributed by atoms with E-state index < -0.39 is 0 Å². The standard InChI is InChI=1S/C19H33N5/c1-3-19(11-6-7-12-19)15-22-18(20-2)21-14-16-10-13-24(23-16)17-8-4-5-9-17/h10,13,17H,3-9,11-12,14-15H2,1-2H3,(H2,20,21,22). The Kier molecular flexibility index (Phi) is 5.80. The number of nitrogens with one attached hydrogen (secondary N) is 2. The predicted molar refractivity (Wildman–Crippen MR) is 99.1 cm³/mol. The molecule has 5 heteroatoms. The Bertz CT molecular complexity index is 536. The molecule has 1 heterocycles. The number of hydrogen-bond donors (Lipinski definition) is 2. The molecular formula is C19H33N5. The number of nitrogens with zero attached hydrogens (tertiary/aromatic N) is 3. The summed E-state index contributed by atoms with van der Waals surface area (Å²) in [6.45, 7) is 4.08. The first-order valence-corrected chi connectivity index (χ1v) is 9.73. The van der Waals surface area contributed by atoms with Gasteiger partial charge in [-0.2, -0.15) is 5.10 Å². The van der Waals surface area contributed by atoms with Crippen LogP contribution < -0.4 is 10.6 Å². The Morgan fingerprint density at radius 1 is 1.25 bits per heavy atom. The number of guanidine groups is 1. The van der Waals surface area contributed by atoms with Crippen LogP contribution in [-0.2, 0) is 6.54 Å². The fourth-order valence-corrected chi connectivity index (χ4v) is 4.29. The molecule has 1 aromatic rings. The normalized spacial score (nSPS) is 21.3. The van der Waals surface area contributed by atoms with E-state index in [4.69, 9.17) is 5.10 Å². The van der Waals surface area contributed by atoms with Crippen LogP contribution in [0.1, 0.15) is 76.4 Å². The third-order valence-corrected chi connectivity index (χ3v) is 6.07. The lowest BCUT2D eigenvalue weighted by molar-refractivity contribution is 0.283. The van der Waals surface area contributed by atoms with Crippen LogP contribution in [0, 0.1) is 5.41 Å². The summed E-state index contributed by atoms with van der Waals surface area (Å²) < 4.78 is 2.16. The first-order chi connectivity index (χ1) is 11.7. The van der Waals surface area contributed by atoms with E-state index in [2.05, 4.69) is 39.5 Å². The number of hydrogen-bond acceptors (Lipinski definition) is 2. The average molecular weight is 332 g/mol. The Morgan fingerprint density at radius 2 is 2.00 bits per heavy atom. The highest BCUT2D eigenvalue weighted by molar-refractivity contribution is 5.79. The summed E-state index contributed by atoms with van der Waals surface area (Å²) in [6, 6.07) is 2.74. The van der Waals surface area contributed by atoms with Gasteiger partial charge in [0.05, 0.1) is 18.3 Å². The lowest BCUT2D eigenvalue weighted by Gasteiger charge is -2.28. The van der Waals surface area contributed by atoms with Crippen molar-refractivity contribution in [3.05, 3.63) is 18.0 Å². The second kappa shape index (κ2) is 8.04. The zero-order chi connectivity index (χ0) is 16.8. The summed E-state index contributed by atoms with van der Waals surface area (Å²) in [6.07, 6.45) is 14.1. The Morgan fingerprint density at radius 3 is 2.67 bits per heavy atom. The van der Waals surface area contributed by atoms with E-state index >= 15 is 0 Å². The molecule has 2 aliphatic carbocycles. The van der Waals surface area contributed by atoms with Gasteiger partial charge in [0, 0.05) is 19.8 Å². The van der Waals surface area contributed by atoms with Gasteiger partial charge in [0.25, 0.3) is 0 Å². The molecule has 0 unspecified atom stereocenters. The summed E-state index contributed by atoms with van der Waals surface area (Å²) in [7, 11) is 1.85. The fraction of sp³-hybridized carbons (Fsp3) is 0.789. The second-order valence-electron chi connectivity index (χ2n) is 7.57. The molecular weight excluding hydrogens is 298 g/mol. The monoisotopic (exact) mass is 331 g/mol. The van der Waals surface area contributed by atoms with Crippen molar-refractivity contribution in [3.63, 3.8) is 0 Å². The maximum atomic E-state index is 4.74. The Labute approximate surface area is 146 Å². The van der Waals surface area contributed by atoms with Gasteiger partial charge in [-0.25, -0.2) is 0 Å². The first-order valence-electron chi connectivity index (χ1n) is 9.73. The lowest BCUT2D eigenvalue weighted by atomic mass is 9.83. The van der Waals surface area contributed by atoms with Crippen molar-refractivity contribution in [2.24, 2.45) is 10.4 Å². The van der Waals surface area contributed by atoms with Gasteiger partial charge in [-0.05, 0) is 43.6 Å². The second-order valence-corrected chi connectivity index (χ2v) is 7.57. The largest absolute Gasteiger partial charge is 0.356 e. The minimum Gasteiger partial charge on any atom is -0.356 e. The van der Waals surface area contributed by atoms with E-state index in [0.717, 1.165) is 24.7 Å². The molecule has 0 aliphatic heterocycles. The predicted octanol–water partition coefficient (Wildman–Crippen LogP) is 3.63. The molecule has 5 nitrogen and oxygen atoms in total. The summed E-state index contributed by atoms with van der Waals surface area (Å²) in [5.74, 6) is 0.894. The van der Waals surface area contributed by atoms with Crippen molar-refractivity contribution in [3.8, 4) is 0 Å². The molecule has 0 amide bonds. The lowest BCUT2D eigenvalue weighted by Crippen LogP contribution is -2.42. The molecule has 0 atom stereocenters. The van der Waals surface area contributed by atoms with Crippen LogP contribution in [0.5, 0.6) is 0 Å². The van der Waals surface area contributed by atoms with Gasteiger partial charge >= 0.3 is 0 Å². The molecule has 134 valence electrons. The maximum absolute atomic E-state index is 4.74.